The molecule has 1 aliphatic heterocycles. The van der Waals surface area contributed by atoms with Crippen molar-refractivity contribution >= 4 is 11.8 Å². The highest BCUT2D eigenvalue weighted by atomic mass is 16.6. The molecule has 0 saturated carbocycles. The number of nitrogens with one attached hydrogen (secondary N) is 1. The number of nitrogens with zero attached hydrogens (tertiary/aromatic N) is 3. The predicted molar refractivity (Wildman–Crippen MR) is 169 cm³/mol. The van der Waals surface area contributed by atoms with Crippen molar-refractivity contribution in [2.45, 2.75) is 44.4 Å². The molecule has 12 nitrogen and oxygen atoms in total. The van der Waals surface area contributed by atoms with E-state index in [1.807, 2.05) is 13.1 Å². The predicted octanol–water partition coefficient (Wildman–Crippen LogP) is 2.75. The summed E-state index contributed by atoms with van der Waals surface area (Å²) in [6.07, 6.45) is 8.62. The average Bonchev–Trinajstić information content (AvgIpc) is 3.03. The number of carboxylic acids is 1. The maximum atomic E-state index is 11.7. The zero-order chi connectivity index (χ0) is 31.2. The van der Waals surface area contributed by atoms with Crippen LogP contribution in [0.5, 0.6) is 5.75 Å². The first-order valence-corrected chi connectivity index (χ1v) is 15.8. The Morgan fingerprint density at radius 2 is 1.70 bits per heavy atom. The third kappa shape index (κ3) is 14.7. The molecule has 0 radical (unpaired) electrons. The number of nitrogens with two attached hydrogens (primary N) is 1. The van der Waals surface area contributed by atoms with Gasteiger partial charge >= 0.3 is 5.97 Å². The van der Waals surface area contributed by atoms with E-state index in [0.29, 0.717) is 78.3 Å². The number of pyridine rings is 2. The molecule has 12 heteroatoms. The Bertz CT molecular complexity index is 1080. The Balaban J connectivity index is 1.30. The fraction of sp³-hybridized carbons (Fsp3) is 0.656. The summed E-state index contributed by atoms with van der Waals surface area (Å²) in [5.74, 6) is 0.608. The maximum absolute atomic E-state index is 11.7. The van der Waals surface area contributed by atoms with E-state index in [-0.39, 0.29) is 12.3 Å². The van der Waals surface area contributed by atoms with Gasteiger partial charge in [-0.05, 0) is 69.0 Å². The summed E-state index contributed by atoms with van der Waals surface area (Å²) in [6.45, 7) is 7.27. The Morgan fingerprint density at radius 3 is 2.41 bits per heavy atom. The summed E-state index contributed by atoms with van der Waals surface area (Å²) < 4.78 is 27.5. The Kier molecular flexibility index (Phi) is 17.6. The lowest BCUT2D eigenvalue weighted by Gasteiger charge is -2.23. The van der Waals surface area contributed by atoms with E-state index < -0.39 is 5.97 Å². The van der Waals surface area contributed by atoms with Crippen LogP contribution in [-0.2, 0) is 36.6 Å². The Labute approximate surface area is 261 Å². The average molecular weight is 618 g/mol. The van der Waals surface area contributed by atoms with Crippen LogP contribution in [-0.4, -0.2) is 119 Å². The molecule has 1 aliphatic rings. The van der Waals surface area contributed by atoms with E-state index in [9.17, 15) is 9.90 Å². The Morgan fingerprint density at radius 1 is 1.00 bits per heavy atom. The largest absolute Gasteiger partial charge is 0.490 e. The molecular formula is C32H51N5O7. The van der Waals surface area contributed by atoms with Gasteiger partial charge in [0.1, 0.15) is 18.2 Å². The van der Waals surface area contributed by atoms with Gasteiger partial charge in [-0.25, -0.2) is 4.98 Å². The van der Waals surface area contributed by atoms with Crippen LogP contribution in [0.3, 0.4) is 0 Å². The van der Waals surface area contributed by atoms with Crippen LogP contribution in [0.4, 0.5) is 5.82 Å². The van der Waals surface area contributed by atoms with Gasteiger partial charge < -0.3 is 44.7 Å². The first-order chi connectivity index (χ1) is 21.5. The van der Waals surface area contributed by atoms with Gasteiger partial charge in [-0.15, -0.1) is 0 Å². The van der Waals surface area contributed by atoms with Crippen molar-refractivity contribution in [1.29, 1.82) is 0 Å². The molecule has 1 atom stereocenters. The molecule has 2 aromatic rings. The zero-order valence-electron chi connectivity index (χ0n) is 26.2. The number of hydrogen-bond acceptors (Lipinski definition) is 11. The van der Waals surface area contributed by atoms with Crippen LogP contribution >= 0.6 is 0 Å². The number of rotatable bonds is 25. The van der Waals surface area contributed by atoms with Gasteiger partial charge in [-0.2, -0.15) is 0 Å². The molecule has 3 heterocycles. The third-order valence-electron chi connectivity index (χ3n) is 7.21. The summed E-state index contributed by atoms with van der Waals surface area (Å²) >= 11 is 0. The zero-order valence-corrected chi connectivity index (χ0v) is 26.2. The molecule has 0 amide bonds. The Hall–Kier alpha value is -2.87. The number of carbonyl (C=O) groups is 1. The van der Waals surface area contributed by atoms with Crippen molar-refractivity contribution in [2.24, 2.45) is 5.73 Å². The van der Waals surface area contributed by atoms with Crippen LogP contribution in [0, 0.1) is 0 Å². The maximum Gasteiger partial charge on any atom is 0.304 e. The van der Waals surface area contributed by atoms with E-state index in [1.165, 1.54) is 5.56 Å². The van der Waals surface area contributed by atoms with E-state index in [2.05, 4.69) is 27.3 Å². The van der Waals surface area contributed by atoms with Crippen LogP contribution in [0.15, 0.2) is 30.6 Å². The summed E-state index contributed by atoms with van der Waals surface area (Å²) in [7, 11) is 2.04. The second kappa shape index (κ2) is 21.8. The minimum Gasteiger partial charge on any atom is -0.490 e. The number of aryl methyl sites for hydroxylation is 2. The van der Waals surface area contributed by atoms with Crippen molar-refractivity contribution in [3.63, 3.8) is 0 Å². The number of carboxylic acid groups (broad SMARTS) is 1. The molecule has 2 aromatic heterocycles. The van der Waals surface area contributed by atoms with E-state index >= 15 is 0 Å². The summed E-state index contributed by atoms with van der Waals surface area (Å²) in [6, 6.07) is 6.22. The molecule has 0 spiro atoms. The molecule has 3 rings (SSSR count). The van der Waals surface area contributed by atoms with Gasteiger partial charge in [0.05, 0.1) is 65.5 Å². The topological polar surface area (TPSA) is 151 Å². The van der Waals surface area contributed by atoms with Gasteiger partial charge in [-0.3, -0.25) is 9.78 Å². The summed E-state index contributed by atoms with van der Waals surface area (Å²) in [4.78, 5) is 23.0. The van der Waals surface area contributed by atoms with Gasteiger partial charge in [-0.1, -0.05) is 6.07 Å². The van der Waals surface area contributed by atoms with Crippen molar-refractivity contribution < 1.29 is 33.6 Å². The van der Waals surface area contributed by atoms with Crippen molar-refractivity contribution in [3.8, 4) is 5.75 Å². The minimum absolute atomic E-state index is 0.0255. The first-order valence-electron chi connectivity index (χ1n) is 15.8. The molecular weight excluding hydrogens is 566 g/mol. The van der Waals surface area contributed by atoms with Crippen LogP contribution in [0.2, 0.25) is 0 Å². The highest BCUT2D eigenvalue weighted by Gasteiger charge is 2.19. The fourth-order valence-electron chi connectivity index (χ4n) is 4.96. The van der Waals surface area contributed by atoms with Gasteiger partial charge in [0.15, 0.2) is 0 Å². The fourth-order valence-corrected chi connectivity index (χ4v) is 4.96. The number of anilines is 1. The smallest absolute Gasteiger partial charge is 0.304 e. The first kappa shape index (κ1) is 35.6. The van der Waals surface area contributed by atoms with E-state index in [0.717, 1.165) is 62.3 Å². The van der Waals surface area contributed by atoms with Crippen molar-refractivity contribution in [2.75, 3.05) is 98.0 Å². The highest BCUT2D eigenvalue weighted by molar-refractivity contribution is 5.68. The number of likely N-dealkylation sites (N-methyl/N-ethyl adjacent to an activating group) is 1. The van der Waals surface area contributed by atoms with Crippen LogP contribution in [0.1, 0.15) is 48.4 Å². The molecule has 246 valence electrons. The molecule has 0 bridgehead atoms. The van der Waals surface area contributed by atoms with E-state index in [4.69, 9.17) is 34.4 Å². The summed E-state index contributed by atoms with van der Waals surface area (Å²) in [5, 5.41) is 13.0. The number of ether oxygens (including phenoxy) is 5. The normalized spacial score (nSPS) is 13.4. The van der Waals surface area contributed by atoms with Crippen LogP contribution < -0.4 is 15.8 Å². The molecule has 4 N–H and O–H groups in total. The molecule has 0 saturated heterocycles. The molecule has 0 aromatic carbocycles. The number of aromatic nitrogens is 2. The number of fused-ring (bicyclic) bond motifs is 1. The molecule has 1 unspecified atom stereocenters. The number of hydrogen-bond donors (Lipinski definition) is 3. The minimum atomic E-state index is -0.833. The van der Waals surface area contributed by atoms with Gasteiger partial charge in [0, 0.05) is 37.4 Å². The monoisotopic (exact) mass is 617 g/mol. The van der Waals surface area contributed by atoms with E-state index in [1.54, 1.807) is 12.4 Å². The third-order valence-corrected chi connectivity index (χ3v) is 7.21. The molecule has 0 aliphatic carbocycles. The van der Waals surface area contributed by atoms with Crippen LogP contribution in [0.25, 0.3) is 0 Å². The lowest BCUT2D eigenvalue weighted by Crippen LogP contribution is -2.27. The summed E-state index contributed by atoms with van der Waals surface area (Å²) in [5.41, 5.74) is 8.63. The van der Waals surface area contributed by atoms with Gasteiger partial charge in [0.2, 0.25) is 0 Å². The molecule has 0 fully saturated rings. The SMILES string of the molecule is CN(CCCCc1ccc2c(n1)NCCC2)CC(CC(=O)O)c1cncc(OCCOCCOCCOCCOCCN)c1. The van der Waals surface area contributed by atoms with Crippen molar-refractivity contribution in [3.05, 3.63) is 47.4 Å². The quantitative estimate of drug-likeness (QED) is 0.141. The van der Waals surface area contributed by atoms with Crippen molar-refractivity contribution in [1.82, 2.24) is 14.9 Å². The number of aliphatic carboxylic acids is 1. The second-order valence-corrected chi connectivity index (χ2v) is 10.9. The lowest BCUT2D eigenvalue weighted by atomic mass is 9.96. The molecule has 44 heavy (non-hydrogen) atoms. The number of unbranched alkanes of at least 4 members (excludes halogenated alkanes) is 1. The van der Waals surface area contributed by atoms with Gasteiger partial charge in [0.25, 0.3) is 0 Å². The standard InChI is InChI=1S/C32H51N5O7/c1-37(11-3-2-6-29-8-7-26-5-4-10-35-32(26)36-29)25-28(22-31(38)39)27-21-30(24-34-23-27)44-20-19-43-18-17-42-16-15-41-14-13-40-12-9-33/h7-8,21,23-24,28H,2-6,9-20,22,25,33H2,1H3,(H,35,36)(H,38,39). The highest BCUT2D eigenvalue weighted by Crippen LogP contribution is 2.24. The second-order valence-electron chi connectivity index (χ2n) is 10.9. The lowest BCUT2D eigenvalue weighted by molar-refractivity contribution is -0.137.